The fourth-order valence-corrected chi connectivity index (χ4v) is 2.53. The van der Waals surface area contributed by atoms with Crippen molar-refractivity contribution >= 4 is 5.91 Å². The predicted octanol–water partition coefficient (Wildman–Crippen LogP) is 1.63. The maximum absolute atomic E-state index is 12.2. The normalized spacial score (nSPS) is 22.3. The molecule has 0 aromatic rings. The number of nitrogens with two attached hydrogens (primary N) is 1. The zero-order valence-corrected chi connectivity index (χ0v) is 12.0. The summed E-state index contributed by atoms with van der Waals surface area (Å²) >= 11 is 0. The summed E-state index contributed by atoms with van der Waals surface area (Å²) in [5, 5.41) is 0. The predicted molar refractivity (Wildman–Crippen MR) is 73.2 cm³/mol. The summed E-state index contributed by atoms with van der Waals surface area (Å²) in [6.07, 6.45) is 2.99. The van der Waals surface area contributed by atoms with Crippen LogP contribution in [0, 0.1) is 11.8 Å². The molecule has 1 fully saturated rings. The van der Waals surface area contributed by atoms with Gasteiger partial charge in [0.2, 0.25) is 5.91 Å². The Labute approximate surface area is 111 Å². The number of piperidine rings is 1. The van der Waals surface area contributed by atoms with Crippen molar-refractivity contribution in [3.05, 3.63) is 0 Å². The number of likely N-dealkylation sites (tertiary alicyclic amines) is 1. The molecular formula is C14H28N2O2. The van der Waals surface area contributed by atoms with Gasteiger partial charge in [-0.05, 0) is 38.0 Å². The molecule has 0 aliphatic carbocycles. The minimum absolute atomic E-state index is 0.116. The van der Waals surface area contributed by atoms with Crippen LogP contribution in [0.5, 0.6) is 0 Å². The van der Waals surface area contributed by atoms with Crippen molar-refractivity contribution in [2.24, 2.45) is 17.6 Å². The van der Waals surface area contributed by atoms with Gasteiger partial charge in [-0.2, -0.15) is 0 Å². The first-order valence-electron chi connectivity index (χ1n) is 7.16. The molecule has 2 atom stereocenters. The quantitative estimate of drug-likeness (QED) is 0.786. The van der Waals surface area contributed by atoms with E-state index in [1.165, 1.54) is 0 Å². The lowest BCUT2D eigenvalue weighted by Crippen LogP contribution is -2.49. The fraction of sp³-hybridized carbons (Fsp3) is 0.929. The van der Waals surface area contributed by atoms with Crippen LogP contribution in [-0.2, 0) is 9.53 Å². The van der Waals surface area contributed by atoms with E-state index < -0.39 is 0 Å². The lowest BCUT2D eigenvalue weighted by Gasteiger charge is -2.34. The summed E-state index contributed by atoms with van der Waals surface area (Å²) in [5.74, 6) is 1.06. The summed E-state index contributed by atoms with van der Waals surface area (Å²) < 4.78 is 5.46. The standard InChI is InChI=1S/C14H28N2O2/c1-4-18-10-12-6-5-7-16(9-12)14(17)13(15)8-11(2)3/h11-13H,4-10,15H2,1-3H3/t12?,13-/m0/s1. The Morgan fingerprint density at radius 2 is 2.22 bits per heavy atom. The Bertz CT molecular complexity index is 256. The molecule has 1 aliphatic rings. The average Bonchev–Trinajstić information content (AvgIpc) is 2.35. The van der Waals surface area contributed by atoms with Crippen LogP contribution in [-0.4, -0.2) is 43.2 Å². The Kier molecular flexibility index (Phi) is 6.65. The van der Waals surface area contributed by atoms with E-state index in [1.54, 1.807) is 0 Å². The van der Waals surface area contributed by atoms with E-state index in [1.807, 2.05) is 11.8 Å². The molecule has 4 nitrogen and oxygen atoms in total. The van der Waals surface area contributed by atoms with Crippen molar-refractivity contribution in [2.75, 3.05) is 26.3 Å². The summed E-state index contributed by atoms with van der Waals surface area (Å²) in [7, 11) is 0. The molecule has 0 saturated carbocycles. The van der Waals surface area contributed by atoms with E-state index in [-0.39, 0.29) is 11.9 Å². The van der Waals surface area contributed by atoms with Crippen LogP contribution in [0.2, 0.25) is 0 Å². The number of hydrogen-bond donors (Lipinski definition) is 1. The topological polar surface area (TPSA) is 55.6 Å². The van der Waals surface area contributed by atoms with Gasteiger partial charge in [0.25, 0.3) is 0 Å². The highest BCUT2D eigenvalue weighted by Gasteiger charge is 2.27. The van der Waals surface area contributed by atoms with Crippen molar-refractivity contribution in [3.8, 4) is 0 Å². The lowest BCUT2D eigenvalue weighted by atomic mass is 9.97. The third kappa shape index (κ3) is 4.94. The number of amides is 1. The molecule has 1 unspecified atom stereocenters. The molecule has 1 heterocycles. The molecule has 1 saturated heterocycles. The van der Waals surface area contributed by atoms with Crippen LogP contribution in [0.25, 0.3) is 0 Å². The zero-order chi connectivity index (χ0) is 13.5. The van der Waals surface area contributed by atoms with Gasteiger partial charge in [-0.25, -0.2) is 0 Å². The minimum atomic E-state index is -0.337. The third-order valence-electron chi connectivity index (χ3n) is 3.43. The van der Waals surface area contributed by atoms with Crippen LogP contribution in [0.4, 0.5) is 0 Å². The van der Waals surface area contributed by atoms with Crippen molar-refractivity contribution < 1.29 is 9.53 Å². The molecule has 0 radical (unpaired) electrons. The van der Waals surface area contributed by atoms with Gasteiger partial charge in [-0.3, -0.25) is 4.79 Å². The van der Waals surface area contributed by atoms with E-state index in [2.05, 4.69) is 13.8 Å². The molecular weight excluding hydrogens is 228 g/mol. The molecule has 1 rings (SSSR count). The summed E-state index contributed by atoms with van der Waals surface area (Å²) in [5.41, 5.74) is 5.97. The molecule has 1 aliphatic heterocycles. The largest absolute Gasteiger partial charge is 0.381 e. The first-order valence-corrected chi connectivity index (χ1v) is 7.16. The number of carbonyl (C=O) groups excluding carboxylic acids is 1. The van der Waals surface area contributed by atoms with Gasteiger partial charge in [0, 0.05) is 19.7 Å². The van der Waals surface area contributed by atoms with E-state index in [0.717, 1.165) is 45.6 Å². The van der Waals surface area contributed by atoms with E-state index in [4.69, 9.17) is 10.5 Å². The molecule has 0 spiro atoms. The average molecular weight is 256 g/mol. The monoisotopic (exact) mass is 256 g/mol. The van der Waals surface area contributed by atoms with Crippen LogP contribution < -0.4 is 5.73 Å². The molecule has 106 valence electrons. The van der Waals surface area contributed by atoms with Crippen LogP contribution >= 0.6 is 0 Å². The second-order valence-electron chi connectivity index (χ2n) is 5.69. The van der Waals surface area contributed by atoms with Crippen molar-refractivity contribution in [1.29, 1.82) is 0 Å². The molecule has 0 aromatic heterocycles. The highest BCUT2D eigenvalue weighted by molar-refractivity contribution is 5.81. The summed E-state index contributed by atoms with van der Waals surface area (Å²) in [6, 6.07) is -0.337. The molecule has 1 amide bonds. The van der Waals surface area contributed by atoms with Crippen molar-refractivity contribution in [3.63, 3.8) is 0 Å². The Balaban J connectivity index is 2.42. The minimum Gasteiger partial charge on any atom is -0.381 e. The number of nitrogens with zero attached hydrogens (tertiary/aromatic N) is 1. The zero-order valence-electron chi connectivity index (χ0n) is 12.0. The van der Waals surface area contributed by atoms with Gasteiger partial charge in [0.05, 0.1) is 12.6 Å². The molecule has 2 N–H and O–H groups in total. The third-order valence-corrected chi connectivity index (χ3v) is 3.43. The second-order valence-corrected chi connectivity index (χ2v) is 5.69. The van der Waals surface area contributed by atoms with Gasteiger partial charge in [-0.15, -0.1) is 0 Å². The van der Waals surface area contributed by atoms with Gasteiger partial charge >= 0.3 is 0 Å². The van der Waals surface area contributed by atoms with Gasteiger partial charge in [-0.1, -0.05) is 13.8 Å². The molecule has 4 heteroatoms. The lowest BCUT2D eigenvalue weighted by molar-refractivity contribution is -0.135. The molecule has 0 bridgehead atoms. The van der Waals surface area contributed by atoms with Crippen molar-refractivity contribution in [2.45, 2.75) is 46.1 Å². The summed E-state index contributed by atoms with van der Waals surface area (Å²) in [6.45, 7) is 9.38. The molecule has 18 heavy (non-hydrogen) atoms. The van der Waals surface area contributed by atoms with Crippen LogP contribution in [0.3, 0.4) is 0 Å². The van der Waals surface area contributed by atoms with E-state index in [0.29, 0.717) is 11.8 Å². The van der Waals surface area contributed by atoms with Gasteiger partial charge in [0.15, 0.2) is 0 Å². The Hall–Kier alpha value is -0.610. The van der Waals surface area contributed by atoms with E-state index >= 15 is 0 Å². The van der Waals surface area contributed by atoms with E-state index in [9.17, 15) is 4.79 Å². The number of ether oxygens (including phenoxy) is 1. The van der Waals surface area contributed by atoms with Crippen LogP contribution in [0.1, 0.15) is 40.0 Å². The summed E-state index contributed by atoms with van der Waals surface area (Å²) in [4.78, 5) is 14.1. The number of hydrogen-bond acceptors (Lipinski definition) is 3. The number of rotatable bonds is 6. The highest BCUT2D eigenvalue weighted by atomic mass is 16.5. The fourth-order valence-electron chi connectivity index (χ4n) is 2.53. The second kappa shape index (κ2) is 7.74. The highest BCUT2D eigenvalue weighted by Crippen LogP contribution is 2.18. The smallest absolute Gasteiger partial charge is 0.239 e. The maximum Gasteiger partial charge on any atom is 0.239 e. The number of carbonyl (C=O) groups is 1. The first kappa shape index (κ1) is 15.4. The maximum atomic E-state index is 12.2. The van der Waals surface area contributed by atoms with Crippen LogP contribution in [0.15, 0.2) is 0 Å². The van der Waals surface area contributed by atoms with Gasteiger partial charge < -0.3 is 15.4 Å². The Morgan fingerprint density at radius 3 is 2.83 bits per heavy atom. The first-order chi connectivity index (χ1) is 8.54. The Morgan fingerprint density at radius 1 is 1.50 bits per heavy atom. The SMILES string of the molecule is CCOCC1CCCN(C(=O)[C@@H](N)CC(C)C)C1. The van der Waals surface area contributed by atoms with Crippen molar-refractivity contribution in [1.82, 2.24) is 4.90 Å². The van der Waals surface area contributed by atoms with Gasteiger partial charge in [0.1, 0.15) is 0 Å². The molecule has 0 aromatic carbocycles.